The van der Waals surface area contributed by atoms with Gasteiger partial charge >= 0.3 is 36.1 Å². The average Bonchev–Trinajstić information content (AvgIpc) is 2.96. The Morgan fingerprint density at radius 2 is 1.18 bits per heavy atom. The minimum atomic E-state index is -1.14. The first-order valence-electron chi connectivity index (χ1n) is 17.5. The molecule has 0 radical (unpaired) electrons. The van der Waals surface area contributed by atoms with Crippen molar-refractivity contribution in [3.8, 4) is 11.5 Å². The summed E-state index contributed by atoms with van der Waals surface area (Å²) in [6.45, 7) is 17.9. The second kappa shape index (κ2) is 21.1. The van der Waals surface area contributed by atoms with Gasteiger partial charge in [-0.05, 0) is 106 Å². The van der Waals surface area contributed by atoms with Gasteiger partial charge < -0.3 is 39.1 Å². The standard InChI is InChI=1S/C37H58N2O12/c1-11-12-22-46-32(43)26(39-34(45)51-37(8,9)10)23-25-19-20-27(47-29(40)16-13-14-17-31(42)49-35(2,3)4)28(24-25)48-30(41)18-15-21-38-33(44)50-36(5,6)7/h19-20,24,26H,11-18,21-23H2,1-10H3,(H,38,44)(H,39,45). The van der Waals surface area contributed by atoms with Crippen LogP contribution >= 0.6 is 0 Å². The fourth-order valence-electron chi connectivity index (χ4n) is 4.16. The molecule has 2 N–H and O–H groups in total. The van der Waals surface area contributed by atoms with E-state index in [9.17, 15) is 28.8 Å². The number of carbonyl (C=O) groups is 6. The van der Waals surface area contributed by atoms with Crippen LogP contribution in [0.4, 0.5) is 9.59 Å². The summed E-state index contributed by atoms with van der Waals surface area (Å²) in [6, 6.07) is 3.28. The zero-order chi connectivity index (χ0) is 38.8. The molecule has 1 aromatic rings. The molecule has 0 aliphatic rings. The van der Waals surface area contributed by atoms with Gasteiger partial charge in [0, 0.05) is 32.2 Å². The van der Waals surface area contributed by atoms with Crippen molar-refractivity contribution in [2.75, 3.05) is 13.2 Å². The highest BCUT2D eigenvalue weighted by Gasteiger charge is 2.27. The molecule has 0 spiro atoms. The highest BCUT2D eigenvalue weighted by atomic mass is 16.6. The van der Waals surface area contributed by atoms with Crippen LogP contribution in [0.25, 0.3) is 0 Å². The fraction of sp³-hybridized carbons (Fsp3) is 0.676. The molecule has 0 bridgehead atoms. The molecule has 2 amide bonds. The first-order chi connectivity index (χ1) is 23.6. The number of rotatable bonds is 18. The van der Waals surface area contributed by atoms with E-state index < -0.39 is 52.9 Å². The number of ether oxygens (including phenoxy) is 6. The molecule has 1 atom stereocenters. The molecule has 0 fully saturated rings. The van der Waals surface area contributed by atoms with Gasteiger partial charge in [0.25, 0.3) is 0 Å². The van der Waals surface area contributed by atoms with Gasteiger partial charge in [0.05, 0.1) is 6.61 Å². The molecule has 14 nitrogen and oxygen atoms in total. The third kappa shape index (κ3) is 22.2. The molecule has 0 saturated heterocycles. The summed E-state index contributed by atoms with van der Waals surface area (Å²) in [5.74, 6) is -2.46. The zero-order valence-corrected chi connectivity index (χ0v) is 32.0. The normalized spacial score (nSPS) is 12.2. The Kier molecular flexibility index (Phi) is 18.5. The topological polar surface area (TPSA) is 182 Å². The Balaban J connectivity index is 3.12. The van der Waals surface area contributed by atoms with Crippen molar-refractivity contribution in [3.05, 3.63) is 23.8 Å². The van der Waals surface area contributed by atoms with Crippen molar-refractivity contribution in [2.24, 2.45) is 0 Å². The highest BCUT2D eigenvalue weighted by Crippen LogP contribution is 2.30. The second-order valence-corrected chi connectivity index (χ2v) is 15.0. The van der Waals surface area contributed by atoms with Crippen LogP contribution in [0.2, 0.25) is 0 Å². The number of esters is 4. The smallest absolute Gasteiger partial charge is 0.408 e. The van der Waals surface area contributed by atoms with Gasteiger partial charge in [-0.3, -0.25) is 14.4 Å². The van der Waals surface area contributed by atoms with Gasteiger partial charge in [0.1, 0.15) is 22.8 Å². The van der Waals surface area contributed by atoms with Crippen LogP contribution in [0.1, 0.15) is 126 Å². The first-order valence-corrected chi connectivity index (χ1v) is 17.5. The van der Waals surface area contributed by atoms with Crippen molar-refractivity contribution in [2.45, 2.75) is 150 Å². The van der Waals surface area contributed by atoms with E-state index in [0.717, 1.165) is 6.42 Å². The van der Waals surface area contributed by atoms with Crippen LogP contribution in [0, 0.1) is 0 Å². The lowest BCUT2D eigenvalue weighted by Gasteiger charge is -2.23. The van der Waals surface area contributed by atoms with Crippen molar-refractivity contribution >= 4 is 36.1 Å². The molecule has 51 heavy (non-hydrogen) atoms. The molecule has 0 aliphatic carbocycles. The van der Waals surface area contributed by atoms with E-state index in [0.29, 0.717) is 24.8 Å². The van der Waals surface area contributed by atoms with Crippen molar-refractivity contribution in [3.63, 3.8) is 0 Å². The van der Waals surface area contributed by atoms with E-state index in [1.165, 1.54) is 12.1 Å². The second-order valence-electron chi connectivity index (χ2n) is 15.0. The Bertz CT molecular complexity index is 1320. The van der Waals surface area contributed by atoms with Gasteiger partial charge in [0.15, 0.2) is 11.5 Å². The molecular formula is C37H58N2O12. The maximum atomic E-state index is 13.0. The van der Waals surface area contributed by atoms with E-state index in [2.05, 4.69) is 10.6 Å². The molecule has 0 aromatic heterocycles. The minimum Gasteiger partial charge on any atom is -0.464 e. The summed E-state index contributed by atoms with van der Waals surface area (Å²) in [7, 11) is 0. The van der Waals surface area contributed by atoms with E-state index in [1.54, 1.807) is 68.4 Å². The van der Waals surface area contributed by atoms with Crippen molar-refractivity contribution in [1.29, 1.82) is 0 Å². The Morgan fingerprint density at radius 1 is 0.647 bits per heavy atom. The summed E-state index contributed by atoms with van der Waals surface area (Å²) in [5.41, 5.74) is -1.64. The molecule has 0 aliphatic heterocycles. The SMILES string of the molecule is CCCCOC(=O)C(Cc1ccc(OC(=O)CCCCC(=O)OC(C)(C)C)c(OC(=O)CCCNC(=O)OC(C)(C)C)c1)NC(=O)OC(C)(C)C. The van der Waals surface area contributed by atoms with Crippen molar-refractivity contribution < 1.29 is 57.2 Å². The van der Waals surface area contributed by atoms with Crippen LogP contribution in [0.15, 0.2) is 18.2 Å². The Labute approximate surface area is 301 Å². The Morgan fingerprint density at radius 3 is 1.75 bits per heavy atom. The number of hydrogen-bond donors (Lipinski definition) is 2. The van der Waals surface area contributed by atoms with Crippen molar-refractivity contribution in [1.82, 2.24) is 10.6 Å². The molecule has 1 unspecified atom stereocenters. The number of unbranched alkanes of at least 4 members (excludes halogenated alkanes) is 2. The molecule has 288 valence electrons. The molecular weight excluding hydrogens is 664 g/mol. The maximum absolute atomic E-state index is 13.0. The summed E-state index contributed by atoms with van der Waals surface area (Å²) in [4.78, 5) is 75.1. The van der Waals surface area contributed by atoms with E-state index in [-0.39, 0.29) is 62.7 Å². The van der Waals surface area contributed by atoms with E-state index >= 15 is 0 Å². The van der Waals surface area contributed by atoms with E-state index in [4.69, 9.17) is 28.4 Å². The third-order valence-corrected chi connectivity index (χ3v) is 6.27. The van der Waals surface area contributed by atoms with Gasteiger partial charge in [-0.1, -0.05) is 19.4 Å². The zero-order valence-electron chi connectivity index (χ0n) is 32.0. The third-order valence-electron chi connectivity index (χ3n) is 6.27. The monoisotopic (exact) mass is 722 g/mol. The predicted octanol–water partition coefficient (Wildman–Crippen LogP) is 6.48. The van der Waals surface area contributed by atoms with Crippen LogP contribution in [0.3, 0.4) is 0 Å². The summed E-state index contributed by atoms with van der Waals surface area (Å²) < 4.78 is 32.3. The lowest BCUT2D eigenvalue weighted by atomic mass is 10.1. The predicted molar refractivity (Wildman–Crippen MR) is 188 cm³/mol. The van der Waals surface area contributed by atoms with Gasteiger partial charge in [-0.15, -0.1) is 0 Å². The van der Waals surface area contributed by atoms with Crippen LogP contribution in [-0.2, 0) is 44.5 Å². The maximum Gasteiger partial charge on any atom is 0.408 e. The average molecular weight is 723 g/mol. The highest BCUT2D eigenvalue weighted by molar-refractivity contribution is 5.82. The lowest BCUT2D eigenvalue weighted by Crippen LogP contribution is -2.45. The van der Waals surface area contributed by atoms with E-state index in [1.807, 2.05) is 6.92 Å². The van der Waals surface area contributed by atoms with Crippen LogP contribution < -0.4 is 20.1 Å². The fourth-order valence-corrected chi connectivity index (χ4v) is 4.16. The summed E-state index contributed by atoms with van der Waals surface area (Å²) in [5, 5.41) is 5.13. The van der Waals surface area contributed by atoms with Gasteiger partial charge in [-0.2, -0.15) is 0 Å². The number of hydrogen-bond acceptors (Lipinski definition) is 12. The number of benzene rings is 1. The number of carbonyl (C=O) groups excluding carboxylic acids is 6. The van der Waals surface area contributed by atoms with Crippen LogP contribution in [-0.4, -0.2) is 72.1 Å². The largest absolute Gasteiger partial charge is 0.464 e. The summed E-state index contributed by atoms with van der Waals surface area (Å²) in [6.07, 6.45) is 0.969. The first kappa shape index (κ1) is 44.7. The molecule has 0 saturated carbocycles. The molecule has 0 heterocycles. The molecule has 1 rings (SSSR count). The lowest BCUT2D eigenvalue weighted by molar-refractivity contribution is -0.155. The molecule has 14 heteroatoms. The summed E-state index contributed by atoms with van der Waals surface area (Å²) >= 11 is 0. The van der Waals surface area contributed by atoms with Gasteiger partial charge in [-0.25, -0.2) is 14.4 Å². The number of nitrogens with one attached hydrogen (secondary N) is 2. The van der Waals surface area contributed by atoms with Gasteiger partial charge in [0.2, 0.25) is 0 Å². The van der Waals surface area contributed by atoms with Crippen LogP contribution in [0.5, 0.6) is 11.5 Å². The Hall–Kier alpha value is -4.36. The quantitative estimate of drug-likeness (QED) is 0.0729. The number of alkyl carbamates (subject to hydrolysis) is 2. The number of amides is 2. The minimum absolute atomic E-state index is 0.0141. The molecule has 1 aromatic carbocycles.